The van der Waals surface area contributed by atoms with Crippen LogP contribution in [0.3, 0.4) is 0 Å². The predicted molar refractivity (Wildman–Crippen MR) is 120 cm³/mol. The van der Waals surface area contributed by atoms with Crippen molar-refractivity contribution in [3.05, 3.63) is 67.4 Å². The molecule has 0 aliphatic rings. The van der Waals surface area contributed by atoms with Gasteiger partial charge in [0.15, 0.2) is 22.7 Å². The lowest BCUT2D eigenvalue weighted by Crippen LogP contribution is -2.37. The molecule has 0 saturated carbocycles. The first-order valence-corrected chi connectivity index (χ1v) is 10.1. The Hall–Kier alpha value is -4.67. The second kappa shape index (κ2) is 8.35. The number of rotatable bonds is 4. The van der Waals surface area contributed by atoms with Crippen molar-refractivity contribution in [1.82, 2.24) is 10.6 Å². The summed E-state index contributed by atoms with van der Waals surface area (Å²) in [7, 11) is 0. The molecular formula is C23H20N2O9. The number of carbonyl (C=O) groups excluding carboxylic acids is 1. The van der Waals surface area contributed by atoms with Crippen molar-refractivity contribution >= 4 is 28.0 Å². The quantitative estimate of drug-likeness (QED) is 0.193. The van der Waals surface area contributed by atoms with Gasteiger partial charge in [0.2, 0.25) is 11.5 Å². The van der Waals surface area contributed by atoms with Crippen LogP contribution in [0.4, 0.5) is 4.79 Å². The smallest absolute Gasteiger partial charge is 0.341 e. The summed E-state index contributed by atoms with van der Waals surface area (Å²) in [6, 6.07) is 4.79. The van der Waals surface area contributed by atoms with Crippen molar-refractivity contribution in [2.75, 3.05) is 0 Å². The van der Waals surface area contributed by atoms with E-state index in [1.807, 2.05) is 0 Å². The van der Waals surface area contributed by atoms with Gasteiger partial charge < -0.3 is 39.9 Å². The van der Waals surface area contributed by atoms with Crippen LogP contribution in [-0.4, -0.2) is 26.5 Å². The molecule has 0 unspecified atom stereocenters. The van der Waals surface area contributed by atoms with Crippen molar-refractivity contribution in [1.29, 1.82) is 0 Å². The predicted octanol–water partition coefficient (Wildman–Crippen LogP) is 2.34. The Kier molecular flexibility index (Phi) is 5.53. The van der Waals surface area contributed by atoms with Gasteiger partial charge in [-0.15, -0.1) is 0 Å². The molecule has 176 valence electrons. The van der Waals surface area contributed by atoms with E-state index in [0.717, 1.165) is 0 Å². The highest BCUT2D eigenvalue weighted by molar-refractivity contribution is 5.89. The van der Waals surface area contributed by atoms with Gasteiger partial charge in [0.25, 0.3) is 0 Å². The molecule has 0 spiro atoms. The van der Waals surface area contributed by atoms with Gasteiger partial charge in [-0.1, -0.05) is 0 Å². The van der Waals surface area contributed by atoms with Crippen molar-refractivity contribution in [3.63, 3.8) is 0 Å². The van der Waals surface area contributed by atoms with Crippen LogP contribution in [0.15, 0.2) is 42.7 Å². The number of carbonyl (C=O) groups is 1. The SMILES string of the molecule is Cc1c(CNC(=O)NCc2c(C)c3ccc(O)c(O)c3oc2=O)c(=O)oc2c(O)c(O)ccc12. The minimum atomic E-state index is -0.791. The molecule has 0 saturated heterocycles. The van der Waals surface area contributed by atoms with E-state index in [1.165, 1.54) is 24.3 Å². The molecule has 2 heterocycles. The van der Waals surface area contributed by atoms with Crippen LogP contribution in [0.25, 0.3) is 21.9 Å². The number of urea groups is 1. The van der Waals surface area contributed by atoms with Gasteiger partial charge in [0, 0.05) is 10.8 Å². The largest absolute Gasteiger partial charge is 0.504 e. The standard InChI is InChI=1S/C23H20N2O9/c1-9-11-3-5-15(26)17(28)19(11)33-21(30)13(9)7-24-23(32)25-8-14-10(2)12-4-6-16(27)18(29)20(12)34-22(14)31/h3-6,26-29H,7-8H2,1-2H3,(H2,24,25,32). The normalized spacial score (nSPS) is 11.1. The summed E-state index contributed by atoms with van der Waals surface area (Å²) in [5, 5.41) is 44.8. The minimum absolute atomic E-state index is 0.143. The van der Waals surface area contributed by atoms with Crippen LogP contribution < -0.4 is 21.9 Å². The number of fused-ring (bicyclic) bond motifs is 2. The Bertz CT molecular complexity index is 1470. The maximum atomic E-state index is 12.4. The second-order valence-electron chi connectivity index (χ2n) is 7.64. The highest BCUT2D eigenvalue weighted by Gasteiger charge is 2.18. The molecule has 34 heavy (non-hydrogen) atoms. The minimum Gasteiger partial charge on any atom is -0.504 e. The second-order valence-corrected chi connectivity index (χ2v) is 7.64. The lowest BCUT2D eigenvalue weighted by atomic mass is 10.1. The highest BCUT2D eigenvalue weighted by atomic mass is 16.4. The third kappa shape index (κ3) is 3.72. The Morgan fingerprint density at radius 1 is 0.735 bits per heavy atom. The molecule has 0 radical (unpaired) electrons. The van der Waals surface area contributed by atoms with Crippen LogP contribution in [0.2, 0.25) is 0 Å². The van der Waals surface area contributed by atoms with E-state index >= 15 is 0 Å². The van der Waals surface area contributed by atoms with Crippen molar-refractivity contribution in [3.8, 4) is 23.0 Å². The zero-order valence-electron chi connectivity index (χ0n) is 18.1. The molecule has 2 amide bonds. The zero-order valence-corrected chi connectivity index (χ0v) is 18.1. The van der Waals surface area contributed by atoms with Crippen LogP contribution in [-0.2, 0) is 13.1 Å². The van der Waals surface area contributed by atoms with Gasteiger partial charge in [0.1, 0.15) is 0 Å². The third-order valence-electron chi connectivity index (χ3n) is 5.67. The number of hydrogen-bond acceptors (Lipinski definition) is 9. The molecule has 2 aromatic carbocycles. The van der Waals surface area contributed by atoms with E-state index in [1.54, 1.807) is 13.8 Å². The summed E-state index contributed by atoms with van der Waals surface area (Å²) in [5.74, 6) is -1.97. The summed E-state index contributed by atoms with van der Waals surface area (Å²) in [6.07, 6.45) is 0. The lowest BCUT2D eigenvalue weighted by Gasteiger charge is -2.12. The molecule has 11 nitrogen and oxygen atoms in total. The first-order chi connectivity index (χ1) is 16.1. The van der Waals surface area contributed by atoms with Crippen LogP contribution in [0.1, 0.15) is 22.3 Å². The number of aromatic hydroxyl groups is 4. The number of aryl methyl sites for hydroxylation is 2. The van der Waals surface area contributed by atoms with E-state index in [9.17, 15) is 34.8 Å². The van der Waals surface area contributed by atoms with Gasteiger partial charge in [-0.25, -0.2) is 14.4 Å². The first kappa shape index (κ1) is 22.5. The number of phenols is 4. The third-order valence-corrected chi connectivity index (χ3v) is 5.67. The monoisotopic (exact) mass is 468 g/mol. The average molecular weight is 468 g/mol. The van der Waals surface area contributed by atoms with Crippen LogP contribution >= 0.6 is 0 Å². The molecular weight excluding hydrogens is 448 g/mol. The van der Waals surface area contributed by atoms with Gasteiger partial charge >= 0.3 is 17.3 Å². The van der Waals surface area contributed by atoms with Gasteiger partial charge in [-0.3, -0.25) is 0 Å². The summed E-state index contributed by atoms with van der Waals surface area (Å²) in [6.45, 7) is 2.83. The van der Waals surface area contributed by atoms with Crippen molar-refractivity contribution in [2.24, 2.45) is 0 Å². The summed E-state index contributed by atoms with van der Waals surface area (Å²) in [5.41, 5.74) is -0.705. The van der Waals surface area contributed by atoms with Crippen LogP contribution in [0, 0.1) is 13.8 Å². The molecule has 2 aromatic heterocycles. The van der Waals surface area contributed by atoms with E-state index in [0.29, 0.717) is 21.9 Å². The fraction of sp³-hybridized carbons (Fsp3) is 0.174. The summed E-state index contributed by atoms with van der Waals surface area (Å²) in [4.78, 5) is 37.0. The summed E-state index contributed by atoms with van der Waals surface area (Å²) < 4.78 is 10.2. The topological polar surface area (TPSA) is 182 Å². The molecule has 11 heteroatoms. The molecule has 4 rings (SSSR count). The lowest BCUT2D eigenvalue weighted by molar-refractivity contribution is 0.240. The number of phenolic OH excluding ortho intramolecular Hbond substituents is 4. The fourth-order valence-corrected chi connectivity index (χ4v) is 3.67. The van der Waals surface area contributed by atoms with E-state index in [-0.39, 0.29) is 35.4 Å². The Labute approximate surface area is 190 Å². The maximum absolute atomic E-state index is 12.4. The number of hydrogen-bond donors (Lipinski definition) is 6. The highest BCUT2D eigenvalue weighted by Crippen LogP contribution is 2.35. The number of benzene rings is 2. The fourth-order valence-electron chi connectivity index (χ4n) is 3.67. The average Bonchev–Trinajstić information content (AvgIpc) is 2.79. The summed E-state index contributed by atoms with van der Waals surface area (Å²) >= 11 is 0. The molecule has 0 aliphatic carbocycles. The van der Waals surface area contributed by atoms with Crippen molar-refractivity contribution in [2.45, 2.75) is 26.9 Å². The van der Waals surface area contributed by atoms with E-state index in [4.69, 9.17) is 8.83 Å². The van der Waals surface area contributed by atoms with E-state index < -0.39 is 40.3 Å². The van der Waals surface area contributed by atoms with Crippen molar-refractivity contribution < 1.29 is 34.1 Å². The molecule has 0 fully saturated rings. The van der Waals surface area contributed by atoms with Gasteiger partial charge in [-0.05, 0) is 49.2 Å². The Morgan fingerprint density at radius 2 is 1.12 bits per heavy atom. The molecule has 6 N–H and O–H groups in total. The molecule has 0 atom stereocenters. The number of nitrogens with one attached hydrogen (secondary N) is 2. The van der Waals surface area contributed by atoms with Gasteiger partial charge in [0.05, 0.1) is 24.2 Å². The molecule has 0 aliphatic heterocycles. The molecule has 4 aromatic rings. The Balaban J connectivity index is 1.52. The maximum Gasteiger partial charge on any atom is 0.341 e. The first-order valence-electron chi connectivity index (χ1n) is 10.1. The number of amides is 2. The zero-order chi connectivity index (χ0) is 24.7. The Morgan fingerprint density at radius 3 is 1.50 bits per heavy atom. The van der Waals surface area contributed by atoms with Crippen LogP contribution in [0.5, 0.6) is 23.0 Å². The molecule has 0 bridgehead atoms. The van der Waals surface area contributed by atoms with E-state index in [2.05, 4.69) is 10.6 Å². The van der Waals surface area contributed by atoms with Gasteiger partial charge in [-0.2, -0.15) is 0 Å².